The van der Waals surface area contributed by atoms with Crippen LogP contribution in [0, 0.1) is 6.92 Å². The van der Waals surface area contributed by atoms with Crippen LogP contribution in [0.1, 0.15) is 57.4 Å². The van der Waals surface area contributed by atoms with E-state index in [0.717, 1.165) is 24.1 Å². The van der Waals surface area contributed by atoms with Crippen LogP contribution in [0.15, 0.2) is 24.3 Å². The van der Waals surface area contributed by atoms with Gasteiger partial charge in [-0.2, -0.15) is 0 Å². The van der Waals surface area contributed by atoms with Crippen LogP contribution in [0.25, 0.3) is 0 Å². The highest BCUT2D eigenvalue weighted by Crippen LogP contribution is 2.34. The number of unbranched alkanes of at least 4 members (excludes halogenated alkanes) is 1. The lowest BCUT2D eigenvalue weighted by atomic mass is 9.81. The fourth-order valence-corrected chi connectivity index (χ4v) is 4.38. The SMILES string of the molecule is CCCCN1[C@@H]2CCC[C@H]1CC(NC(=O)Nc1cccc(C)c1)C2. The summed E-state index contributed by atoms with van der Waals surface area (Å²) in [7, 11) is 0. The van der Waals surface area contributed by atoms with E-state index in [9.17, 15) is 4.79 Å². The molecule has 2 amide bonds. The molecule has 2 bridgehead atoms. The van der Waals surface area contributed by atoms with Gasteiger partial charge in [0, 0.05) is 23.8 Å². The average Bonchev–Trinajstić information content (AvgIpc) is 2.52. The van der Waals surface area contributed by atoms with E-state index in [4.69, 9.17) is 0 Å². The lowest BCUT2D eigenvalue weighted by molar-refractivity contribution is 0.0260. The first-order chi connectivity index (χ1) is 11.7. The predicted octanol–water partition coefficient (Wildman–Crippen LogP) is 4.30. The van der Waals surface area contributed by atoms with E-state index in [1.807, 2.05) is 31.2 Å². The van der Waals surface area contributed by atoms with Crippen LogP contribution >= 0.6 is 0 Å². The Bertz CT molecular complexity index is 546. The Labute approximate surface area is 146 Å². The third-order valence-corrected chi connectivity index (χ3v) is 5.51. The van der Waals surface area contributed by atoms with Crippen molar-refractivity contribution in [2.45, 2.75) is 76.9 Å². The summed E-state index contributed by atoms with van der Waals surface area (Å²) in [6, 6.07) is 9.52. The number of carbonyl (C=O) groups excluding carboxylic acids is 1. The van der Waals surface area contributed by atoms with E-state index >= 15 is 0 Å². The van der Waals surface area contributed by atoms with Gasteiger partial charge >= 0.3 is 6.03 Å². The molecule has 4 nitrogen and oxygen atoms in total. The fourth-order valence-electron chi connectivity index (χ4n) is 4.38. The van der Waals surface area contributed by atoms with E-state index in [2.05, 4.69) is 22.5 Å². The second-order valence-corrected chi connectivity index (χ2v) is 7.47. The van der Waals surface area contributed by atoms with Gasteiger partial charge in [-0.3, -0.25) is 4.90 Å². The number of fused-ring (bicyclic) bond motifs is 2. The molecule has 1 unspecified atom stereocenters. The molecule has 2 aliphatic heterocycles. The van der Waals surface area contributed by atoms with Gasteiger partial charge in [0.15, 0.2) is 0 Å². The maximum Gasteiger partial charge on any atom is 0.319 e. The standard InChI is InChI=1S/C20H31N3O/c1-3-4-11-23-18-9-6-10-19(23)14-17(13-18)22-20(24)21-16-8-5-7-15(2)12-16/h5,7-8,12,17-19H,3-4,6,9-11,13-14H2,1-2H3,(H2,21,22,24)/t17?,18-,19+. The van der Waals surface area contributed by atoms with E-state index in [1.165, 1.54) is 38.6 Å². The second kappa shape index (κ2) is 8.02. The number of anilines is 1. The van der Waals surface area contributed by atoms with E-state index in [-0.39, 0.29) is 6.03 Å². The Morgan fingerprint density at radius 1 is 1.25 bits per heavy atom. The maximum absolute atomic E-state index is 12.3. The molecule has 2 heterocycles. The largest absolute Gasteiger partial charge is 0.335 e. The van der Waals surface area contributed by atoms with Crippen molar-refractivity contribution in [1.82, 2.24) is 10.2 Å². The van der Waals surface area contributed by atoms with Crippen molar-refractivity contribution < 1.29 is 4.79 Å². The van der Waals surface area contributed by atoms with Crippen LogP contribution in [-0.2, 0) is 0 Å². The fraction of sp³-hybridized carbons (Fsp3) is 0.650. The van der Waals surface area contributed by atoms with Crippen LogP contribution in [-0.4, -0.2) is 35.6 Å². The number of urea groups is 1. The van der Waals surface area contributed by atoms with Crippen molar-refractivity contribution in [2.24, 2.45) is 0 Å². The van der Waals surface area contributed by atoms with Gasteiger partial charge in [0.1, 0.15) is 0 Å². The maximum atomic E-state index is 12.3. The van der Waals surface area contributed by atoms with Gasteiger partial charge < -0.3 is 10.6 Å². The lowest BCUT2D eigenvalue weighted by Gasteiger charge is -2.49. The quantitative estimate of drug-likeness (QED) is 0.846. The molecule has 24 heavy (non-hydrogen) atoms. The van der Waals surface area contributed by atoms with Gasteiger partial charge in [-0.15, -0.1) is 0 Å². The summed E-state index contributed by atoms with van der Waals surface area (Å²) in [6.07, 6.45) is 8.67. The van der Waals surface area contributed by atoms with Gasteiger partial charge in [-0.1, -0.05) is 31.9 Å². The van der Waals surface area contributed by atoms with Crippen molar-refractivity contribution >= 4 is 11.7 Å². The highest BCUT2D eigenvalue weighted by molar-refractivity contribution is 5.89. The molecule has 0 spiro atoms. The van der Waals surface area contributed by atoms with Crippen molar-refractivity contribution in [3.8, 4) is 0 Å². The Morgan fingerprint density at radius 3 is 2.67 bits per heavy atom. The van der Waals surface area contributed by atoms with Crippen molar-refractivity contribution in [3.63, 3.8) is 0 Å². The van der Waals surface area contributed by atoms with Crippen molar-refractivity contribution in [1.29, 1.82) is 0 Å². The van der Waals surface area contributed by atoms with Crippen LogP contribution in [0.4, 0.5) is 10.5 Å². The normalized spacial score (nSPS) is 26.8. The Morgan fingerprint density at radius 2 is 2.00 bits per heavy atom. The number of rotatable bonds is 5. The van der Waals surface area contributed by atoms with Gasteiger partial charge in [-0.05, 0) is 63.3 Å². The summed E-state index contributed by atoms with van der Waals surface area (Å²) < 4.78 is 0. The molecule has 3 atom stereocenters. The highest BCUT2D eigenvalue weighted by atomic mass is 16.2. The van der Waals surface area contributed by atoms with Gasteiger partial charge in [0.25, 0.3) is 0 Å². The first-order valence-corrected chi connectivity index (χ1v) is 9.55. The van der Waals surface area contributed by atoms with Crippen molar-refractivity contribution in [3.05, 3.63) is 29.8 Å². The average molecular weight is 329 g/mol. The number of nitrogens with zero attached hydrogens (tertiary/aromatic N) is 1. The third kappa shape index (κ3) is 4.29. The van der Waals surface area contributed by atoms with Crippen LogP contribution < -0.4 is 10.6 Å². The summed E-state index contributed by atoms with van der Waals surface area (Å²) in [5, 5.41) is 6.19. The summed E-state index contributed by atoms with van der Waals surface area (Å²) in [5.41, 5.74) is 2.03. The monoisotopic (exact) mass is 329 g/mol. The Balaban J connectivity index is 1.54. The number of benzene rings is 1. The summed E-state index contributed by atoms with van der Waals surface area (Å²) in [4.78, 5) is 15.1. The zero-order chi connectivity index (χ0) is 16.9. The molecule has 2 fully saturated rings. The molecule has 2 N–H and O–H groups in total. The number of nitrogens with one attached hydrogen (secondary N) is 2. The van der Waals surface area contributed by atoms with Crippen molar-refractivity contribution in [2.75, 3.05) is 11.9 Å². The predicted molar refractivity (Wildman–Crippen MR) is 99.4 cm³/mol. The zero-order valence-corrected chi connectivity index (χ0v) is 15.1. The molecule has 0 radical (unpaired) electrons. The minimum Gasteiger partial charge on any atom is -0.335 e. The number of amides is 2. The molecule has 1 aromatic carbocycles. The van der Waals surface area contributed by atoms with Crippen LogP contribution in [0.2, 0.25) is 0 Å². The molecule has 0 aliphatic carbocycles. The number of hydrogen-bond donors (Lipinski definition) is 2. The number of aryl methyl sites for hydroxylation is 1. The first kappa shape index (κ1) is 17.3. The van der Waals surface area contributed by atoms with E-state index in [1.54, 1.807) is 0 Å². The van der Waals surface area contributed by atoms with Gasteiger partial charge in [-0.25, -0.2) is 4.79 Å². The minimum atomic E-state index is -0.0642. The first-order valence-electron chi connectivity index (χ1n) is 9.55. The lowest BCUT2D eigenvalue weighted by Crippen LogP contribution is -2.57. The zero-order valence-electron chi connectivity index (χ0n) is 15.1. The molecular formula is C20H31N3O. The summed E-state index contributed by atoms with van der Waals surface area (Å²) >= 11 is 0. The van der Waals surface area contributed by atoms with Crippen LogP contribution in [0.5, 0.6) is 0 Å². The topological polar surface area (TPSA) is 44.4 Å². The molecule has 3 rings (SSSR count). The van der Waals surface area contributed by atoms with E-state index < -0.39 is 0 Å². The second-order valence-electron chi connectivity index (χ2n) is 7.47. The number of carbonyl (C=O) groups is 1. The summed E-state index contributed by atoms with van der Waals surface area (Å²) in [5.74, 6) is 0. The van der Waals surface area contributed by atoms with E-state index in [0.29, 0.717) is 18.1 Å². The molecule has 0 aromatic heterocycles. The molecular weight excluding hydrogens is 298 g/mol. The molecule has 2 aliphatic rings. The van der Waals surface area contributed by atoms with Gasteiger partial charge in [0.05, 0.1) is 0 Å². The number of piperidine rings is 2. The molecule has 0 saturated carbocycles. The van der Waals surface area contributed by atoms with Crippen LogP contribution in [0.3, 0.4) is 0 Å². The van der Waals surface area contributed by atoms with Gasteiger partial charge in [0.2, 0.25) is 0 Å². The molecule has 4 heteroatoms. The number of hydrogen-bond acceptors (Lipinski definition) is 2. The highest BCUT2D eigenvalue weighted by Gasteiger charge is 2.38. The molecule has 2 saturated heterocycles. The third-order valence-electron chi connectivity index (χ3n) is 5.51. The minimum absolute atomic E-state index is 0.0642. The molecule has 1 aromatic rings. The Hall–Kier alpha value is -1.55. The Kier molecular flexibility index (Phi) is 5.77. The molecule has 132 valence electrons. The smallest absolute Gasteiger partial charge is 0.319 e. The summed E-state index contributed by atoms with van der Waals surface area (Å²) in [6.45, 7) is 5.53.